The van der Waals surface area contributed by atoms with E-state index in [0.29, 0.717) is 17.9 Å². The summed E-state index contributed by atoms with van der Waals surface area (Å²) >= 11 is 1.76. The van der Waals surface area contributed by atoms with E-state index in [1.54, 1.807) is 11.8 Å². The molecule has 1 aliphatic heterocycles. The second-order valence-corrected chi connectivity index (χ2v) is 6.20. The average Bonchev–Trinajstić information content (AvgIpc) is 2.25. The van der Waals surface area contributed by atoms with Crippen LogP contribution in [0.3, 0.4) is 0 Å². The summed E-state index contributed by atoms with van der Waals surface area (Å²) in [5.74, 6) is 1.73. The van der Waals surface area contributed by atoms with Crippen molar-refractivity contribution < 1.29 is 4.79 Å². The fraction of sp³-hybridized carbons (Fsp3) is 0.917. The molecule has 0 aromatic heterocycles. The summed E-state index contributed by atoms with van der Waals surface area (Å²) in [6.45, 7) is 8.04. The van der Waals surface area contributed by atoms with Crippen LogP contribution in [0.4, 0.5) is 0 Å². The smallest absolute Gasteiger partial charge is 0.235 e. The second kappa shape index (κ2) is 6.50. The lowest BCUT2D eigenvalue weighted by Crippen LogP contribution is -2.47. The lowest BCUT2D eigenvalue weighted by molar-refractivity contribution is -0.132. The number of nitrogens with two attached hydrogens (primary N) is 1. The van der Waals surface area contributed by atoms with Crippen LogP contribution in [0.15, 0.2) is 0 Å². The molecule has 4 heteroatoms. The molecule has 0 saturated carbocycles. The van der Waals surface area contributed by atoms with Gasteiger partial charge in [-0.3, -0.25) is 4.79 Å². The number of hydrogen-bond acceptors (Lipinski definition) is 3. The molecule has 0 spiro atoms. The van der Waals surface area contributed by atoms with E-state index in [1.807, 2.05) is 4.90 Å². The highest BCUT2D eigenvalue weighted by Gasteiger charge is 2.29. The van der Waals surface area contributed by atoms with Crippen molar-refractivity contribution in [2.45, 2.75) is 44.9 Å². The topological polar surface area (TPSA) is 46.3 Å². The molecular formula is C12H24N2OS. The van der Waals surface area contributed by atoms with E-state index in [-0.39, 0.29) is 5.25 Å². The molecule has 16 heavy (non-hydrogen) atoms. The number of hydrogen-bond donors (Lipinski definition) is 1. The van der Waals surface area contributed by atoms with Gasteiger partial charge in [-0.05, 0) is 24.5 Å². The standard InChI is InChI=1S/C12H24N2OS/c1-4-16-11(9(2)3)12(15)14-7-5-10(13)6-8-14/h9-11H,4-8,13H2,1-3H3. The van der Waals surface area contributed by atoms with Crippen LogP contribution in [0, 0.1) is 5.92 Å². The lowest BCUT2D eigenvalue weighted by atomic mass is 10.0. The average molecular weight is 244 g/mol. The molecule has 0 aromatic rings. The number of carbonyl (C=O) groups is 1. The molecule has 2 N–H and O–H groups in total. The SMILES string of the molecule is CCSC(C(=O)N1CCC(N)CC1)C(C)C. The Balaban J connectivity index is 2.53. The number of carbonyl (C=O) groups excluding carboxylic acids is 1. The second-order valence-electron chi connectivity index (χ2n) is 4.78. The summed E-state index contributed by atoms with van der Waals surface area (Å²) in [6, 6.07) is 0.292. The van der Waals surface area contributed by atoms with Crippen LogP contribution in [0.2, 0.25) is 0 Å². The summed E-state index contributed by atoms with van der Waals surface area (Å²) < 4.78 is 0. The van der Waals surface area contributed by atoms with Gasteiger partial charge in [0.2, 0.25) is 5.91 Å². The van der Waals surface area contributed by atoms with Gasteiger partial charge in [-0.15, -0.1) is 11.8 Å². The number of thioether (sulfide) groups is 1. The molecule has 0 aliphatic carbocycles. The predicted octanol–water partition coefficient (Wildman–Crippen LogP) is 1.71. The maximum atomic E-state index is 12.3. The van der Waals surface area contributed by atoms with Crippen LogP contribution >= 0.6 is 11.8 Å². The van der Waals surface area contributed by atoms with E-state index in [9.17, 15) is 4.79 Å². The normalized spacial score (nSPS) is 20.2. The molecule has 1 heterocycles. The fourth-order valence-electron chi connectivity index (χ4n) is 2.03. The third kappa shape index (κ3) is 3.67. The highest BCUT2D eigenvalue weighted by molar-refractivity contribution is 8.00. The largest absolute Gasteiger partial charge is 0.342 e. The summed E-state index contributed by atoms with van der Waals surface area (Å²) in [4.78, 5) is 14.3. The quantitative estimate of drug-likeness (QED) is 0.819. The van der Waals surface area contributed by atoms with Crippen molar-refractivity contribution in [1.29, 1.82) is 0 Å². The zero-order chi connectivity index (χ0) is 12.1. The Morgan fingerprint density at radius 2 is 2.00 bits per heavy atom. The minimum atomic E-state index is 0.124. The first-order valence-electron chi connectivity index (χ1n) is 6.22. The molecule has 0 radical (unpaired) electrons. The number of rotatable bonds is 4. The van der Waals surface area contributed by atoms with Crippen LogP contribution < -0.4 is 5.73 Å². The van der Waals surface area contributed by atoms with Crippen LogP contribution in [0.1, 0.15) is 33.6 Å². The number of likely N-dealkylation sites (tertiary alicyclic amines) is 1. The van der Waals surface area contributed by atoms with Gasteiger partial charge >= 0.3 is 0 Å². The van der Waals surface area contributed by atoms with Crippen molar-refractivity contribution in [3.63, 3.8) is 0 Å². The van der Waals surface area contributed by atoms with Crippen molar-refractivity contribution in [2.75, 3.05) is 18.8 Å². The third-order valence-electron chi connectivity index (χ3n) is 3.05. The summed E-state index contributed by atoms with van der Waals surface area (Å²) in [5.41, 5.74) is 5.85. The van der Waals surface area contributed by atoms with E-state index < -0.39 is 0 Å². The predicted molar refractivity (Wildman–Crippen MR) is 70.5 cm³/mol. The van der Waals surface area contributed by atoms with Gasteiger partial charge in [-0.2, -0.15) is 0 Å². The number of piperidine rings is 1. The highest BCUT2D eigenvalue weighted by atomic mass is 32.2. The van der Waals surface area contributed by atoms with Gasteiger partial charge in [0, 0.05) is 19.1 Å². The Kier molecular flexibility index (Phi) is 5.62. The molecule has 1 rings (SSSR count). The third-order valence-corrected chi connectivity index (χ3v) is 4.48. The number of amides is 1. The van der Waals surface area contributed by atoms with Crippen molar-refractivity contribution in [3.8, 4) is 0 Å². The monoisotopic (exact) mass is 244 g/mol. The van der Waals surface area contributed by atoms with Gasteiger partial charge in [0.05, 0.1) is 5.25 Å². The first kappa shape index (κ1) is 13.8. The van der Waals surface area contributed by atoms with E-state index in [0.717, 1.165) is 31.7 Å². The molecule has 94 valence electrons. The Labute approximate surface area is 103 Å². The van der Waals surface area contributed by atoms with Gasteiger partial charge in [0.1, 0.15) is 0 Å². The van der Waals surface area contributed by atoms with E-state index in [1.165, 1.54) is 0 Å². The summed E-state index contributed by atoms with van der Waals surface area (Å²) in [7, 11) is 0. The highest BCUT2D eigenvalue weighted by Crippen LogP contribution is 2.23. The van der Waals surface area contributed by atoms with E-state index >= 15 is 0 Å². The Morgan fingerprint density at radius 1 is 1.44 bits per heavy atom. The molecule has 0 aromatic carbocycles. The molecule has 0 bridgehead atoms. The Bertz CT molecular complexity index is 225. The lowest BCUT2D eigenvalue weighted by Gasteiger charge is -2.33. The van der Waals surface area contributed by atoms with E-state index in [4.69, 9.17) is 5.73 Å². The van der Waals surface area contributed by atoms with Crippen LogP contribution in [0.25, 0.3) is 0 Å². The van der Waals surface area contributed by atoms with Gasteiger partial charge in [0.15, 0.2) is 0 Å². The van der Waals surface area contributed by atoms with Gasteiger partial charge < -0.3 is 10.6 Å². The van der Waals surface area contributed by atoms with Gasteiger partial charge in [-0.25, -0.2) is 0 Å². The van der Waals surface area contributed by atoms with Crippen molar-refractivity contribution in [1.82, 2.24) is 4.90 Å². The summed E-state index contributed by atoms with van der Waals surface area (Å²) in [5, 5.41) is 0.124. The Morgan fingerprint density at radius 3 is 2.44 bits per heavy atom. The van der Waals surface area contributed by atoms with Crippen molar-refractivity contribution >= 4 is 17.7 Å². The van der Waals surface area contributed by atoms with Crippen molar-refractivity contribution in [3.05, 3.63) is 0 Å². The molecule has 1 amide bonds. The molecule has 3 nitrogen and oxygen atoms in total. The van der Waals surface area contributed by atoms with Gasteiger partial charge in [0.25, 0.3) is 0 Å². The minimum absolute atomic E-state index is 0.124. The molecule has 1 saturated heterocycles. The van der Waals surface area contributed by atoms with Gasteiger partial charge in [-0.1, -0.05) is 20.8 Å². The van der Waals surface area contributed by atoms with Crippen LogP contribution in [-0.2, 0) is 4.79 Å². The zero-order valence-electron chi connectivity index (χ0n) is 10.6. The maximum Gasteiger partial charge on any atom is 0.235 e. The maximum absolute atomic E-state index is 12.3. The molecule has 1 aliphatic rings. The molecule has 1 atom stereocenters. The molecule has 1 unspecified atom stereocenters. The molecular weight excluding hydrogens is 220 g/mol. The molecule has 1 fully saturated rings. The van der Waals surface area contributed by atoms with Crippen molar-refractivity contribution in [2.24, 2.45) is 11.7 Å². The van der Waals surface area contributed by atoms with Crippen LogP contribution in [0.5, 0.6) is 0 Å². The minimum Gasteiger partial charge on any atom is -0.342 e. The van der Waals surface area contributed by atoms with E-state index in [2.05, 4.69) is 20.8 Å². The first-order valence-corrected chi connectivity index (χ1v) is 7.27. The summed E-state index contributed by atoms with van der Waals surface area (Å²) in [6.07, 6.45) is 1.90. The first-order chi connectivity index (χ1) is 7.56. The van der Waals surface area contributed by atoms with Crippen LogP contribution in [-0.4, -0.2) is 40.9 Å². The zero-order valence-corrected chi connectivity index (χ0v) is 11.4. The fourth-order valence-corrected chi connectivity index (χ4v) is 3.06. The number of nitrogens with zero attached hydrogens (tertiary/aromatic N) is 1. The Hall–Kier alpha value is -0.220.